The molecule has 1 fully saturated rings. The van der Waals surface area contributed by atoms with Crippen molar-refractivity contribution in [1.29, 1.82) is 0 Å². The molecule has 18 heavy (non-hydrogen) atoms. The third kappa shape index (κ3) is 2.05. The molecule has 2 aromatic carbocycles. The van der Waals surface area contributed by atoms with Gasteiger partial charge in [-0.1, -0.05) is 60.1 Å². The average Bonchev–Trinajstić information content (AvgIpc) is 3.20. The highest BCUT2D eigenvalue weighted by Crippen LogP contribution is 2.43. The Kier molecular flexibility index (Phi) is 2.90. The Morgan fingerprint density at radius 2 is 1.67 bits per heavy atom. The van der Waals surface area contributed by atoms with Crippen LogP contribution in [0.5, 0.6) is 0 Å². The summed E-state index contributed by atoms with van der Waals surface area (Å²) in [4.78, 5) is 12.1. The summed E-state index contributed by atoms with van der Waals surface area (Å²) in [6.45, 7) is 0. The molecule has 2 atom stereocenters. The first-order valence-electron chi connectivity index (χ1n) is 5.76. The highest BCUT2D eigenvalue weighted by atomic mass is 35.5. The van der Waals surface area contributed by atoms with Crippen molar-refractivity contribution < 1.29 is 9.53 Å². The number of hydrogen-bond donors (Lipinski definition) is 0. The van der Waals surface area contributed by atoms with Gasteiger partial charge in [0.1, 0.15) is 6.10 Å². The molecule has 0 N–H and O–H groups in total. The van der Waals surface area contributed by atoms with Crippen molar-refractivity contribution in [2.45, 2.75) is 12.2 Å². The van der Waals surface area contributed by atoms with E-state index in [9.17, 15) is 4.79 Å². The number of hydrogen-bond acceptors (Lipinski definition) is 2. The Labute approximate surface area is 110 Å². The largest absolute Gasteiger partial charge is 0.356 e. The second-order valence-electron chi connectivity index (χ2n) is 4.23. The molecule has 90 valence electrons. The van der Waals surface area contributed by atoms with Crippen LogP contribution in [0.25, 0.3) is 0 Å². The number of Topliss-reactive ketones (excluding diaryl/α,β-unsaturated/α-hetero) is 1. The lowest BCUT2D eigenvalue weighted by molar-refractivity contribution is 0.0953. The summed E-state index contributed by atoms with van der Waals surface area (Å²) in [5.74, 6) is 0.0144. The molecule has 3 rings (SSSR count). The number of carbonyl (C=O) groups excluding carboxylic acids is 1. The highest BCUT2D eigenvalue weighted by Gasteiger charge is 2.46. The minimum Gasteiger partial charge on any atom is -0.356 e. The number of ether oxygens (including phenoxy) is 1. The van der Waals surface area contributed by atoms with Crippen LogP contribution in [0.1, 0.15) is 22.0 Å². The van der Waals surface area contributed by atoms with Crippen molar-refractivity contribution in [3.05, 3.63) is 70.7 Å². The van der Waals surface area contributed by atoms with E-state index in [0.29, 0.717) is 10.6 Å². The Morgan fingerprint density at radius 1 is 1.00 bits per heavy atom. The van der Waals surface area contributed by atoms with Crippen LogP contribution >= 0.6 is 11.6 Å². The van der Waals surface area contributed by atoms with Crippen LogP contribution in [0.4, 0.5) is 0 Å². The zero-order chi connectivity index (χ0) is 12.5. The summed E-state index contributed by atoms with van der Waals surface area (Å²) in [5.41, 5.74) is 1.56. The summed E-state index contributed by atoms with van der Waals surface area (Å²) in [7, 11) is 0. The zero-order valence-electron chi connectivity index (χ0n) is 9.55. The predicted octanol–water partition coefficient (Wildman–Crippen LogP) is 3.66. The maximum atomic E-state index is 12.1. The van der Waals surface area contributed by atoms with E-state index in [1.807, 2.05) is 42.5 Å². The topological polar surface area (TPSA) is 29.6 Å². The van der Waals surface area contributed by atoms with Gasteiger partial charge in [-0.2, -0.15) is 0 Å². The molecule has 0 saturated carbocycles. The Morgan fingerprint density at radius 3 is 2.39 bits per heavy atom. The van der Waals surface area contributed by atoms with Crippen LogP contribution in [0, 0.1) is 0 Å². The Hall–Kier alpha value is -1.64. The molecule has 1 aliphatic heterocycles. The van der Waals surface area contributed by atoms with Crippen molar-refractivity contribution in [2.24, 2.45) is 0 Å². The van der Waals surface area contributed by atoms with Gasteiger partial charge in [0.2, 0.25) is 0 Å². The molecule has 0 unspecified atom stereocenters. The van der Waals surface area contributed by atoms with E-state index < -0.39 is 6.10 Å². The Bertz CT molecular complexity index is 580. The van der Waals surface area contributed by atoms with Gasteiger partial charge in [0.15, 0.2) is 11.9 Å². The summed E-state index contributed by atoms with van der Waals surface area (Å²) in [5, 5.41) is 0.644. The molecule has 0 spiro atoms. The lowest BCUT2D eigenvalue weighted by Gasteiger charge is -1.99. The van der Waals surface area contributed by atoms with Crippen molar-refractivity contribution >= 4 is 17.4 Å². The van der Waals surface area contributed by atoms with Gasteiger partial charge in [0.05, 0.1) is 0 Å². The number of epoxide rings is 1. The molecule has 0 aliphatic carbocycles. The fraction of sp³-hybridized carbons (Fsp3) is 0.133. The van der Waals surface area contributed by atoms with Crippen LogP contribution in [-0.2, 0) is 4.74 Å². The number of rotatable bonds is 3. The lowest BCUT2D eigenvalue weighted by Crippen LogP contribution is -2.07. The van der Waals surface area contributed by atoms with E-state index in [2.05, 4.69) is 0 Å². The average molecular weight is 259 g/mol. The normalized spacial score (nSPS) is 21.6. The zero-order valence-corrected chi connectivity index (χ0v) is 10.3. The van der Waals surface area contributed by atoms with Crippen LogP contribution in [-0.4, -0.2) is 11.9 Å². The first-order chi connectivity index (χ1) is 8.77. The summed E-state index contributed by atoms with van der Waals surface area (Å²) in [6, 6.07) is 16.6. The number of carbonyl (C=O) groups is 1. The molecular formula is C15H11ClO2. The van der Waals surface area contributed by atoms with E-state index in [4.69, 9.17) is 16.3 Å². The number of benzene rings is 2. The second kappa shape index (κ2) is 4.56. The number of halogens is 1. The van der Waals surface area contributed by atoms with Crippen LogP contribution < -0.4 is 0 Å². The minimum absolute atomic E-state index is 0.0144. The molecule has 0 radical (unpaired) electrons. The quantitative estimate of drug-likeness (QED) is 0.621. The third-order valence-corrected chi connectivity index (χ3v) is 3.36. The molecule has 3 heteroatoms. The molecule has 2 aromatic rings. The van der Waals surface area contributed by atoms with E-state index in [1.165, 1.54) is 0 Å². The van der Waals surface area contributed by atoms with Crippen molar-refractivity contribution in [2.75, 3.05) is 0 Å². The molecule has 1 aliphatic rings. The fourth-order valence-electron chi connectivity index (χ4n) is 2.02. The standard InChI is InChI=1S/C15H11ClO2/c16-12-9-5-4-8-11(12)14-15(18-14)13(17)10-6-2-1-3-7-10/h1-9,14-15H/t14-,15-/m1/s1. The van der Waals surface area contributed by atoms with Gasteiger partial charge in [0, 0.05) is 16.1 Å². The fourth-order valence-corrected chi connectivity index (χ4v) is 2.26. The maximum Gasteiger partial charge on any atom is 0.194 e. The van der Waals surface area contributed by atoms with Gasteiger partial charge in [-0.15, -0.1) is 0 Å². The van der Waals surface area contributed by atoms with Gasteiger partial charge < -0.3 is 4.74 Å². The molecule has 0 amide bonds. The summed E-state index contributed by atoms with van der Waals surface area (Å²) in [6.07, 6.45) is -0.598. The molecule has 0 aromatic heterocycles. The van der Waals surface area contributed by atoms with E-state index in [-0.39, 0.29) is 11.9 Å². The van der Waals surface area contributed by atoms with E-state index >= 15 is 0 Å². The van der Waals surface area contributed by atoms with Gasteiger partial charge >= 0.3 is 0 Å². The second-order valence-corrected chi connectivity index (χ2v) is 4.64. The van der Waals surface area contributed by atoms with E-state index in [0.717, 1.165) is 5.56 Å². The minimum atomic E-state index is -0.396. The SMILES string of the molecule is O=C(c1ccccc1)[C@H]1O[C@@H]1c1ccccc1Cl. The van der Waals surface area contributed by atoms with Crippen molar-refractivity contribution in [3.8, 4) is 0 Å². The van der Waals surface area contributed by atoms with Gasteiger partial charge in [-0.25, -0.2) is 0 Å². The van der Waals surface area contributed by atoms with E-state index in [1.54, 1.807) is 12.1 Å². The van der Waals surface area contributed by atoms with Gasteiger partial charge in [-0.05, 0) is 6.07 Å². The molecular weight excluding hydrogens is 248 g/mol. The van der Waals surface area contributed by atoms with Crippen LogP contribution in [0.15, 0.2) is 54.6 Å². The third-order valence-electron chi connectivity index (χ3n) is 3.02. The summed E-state index contributed by atoms with van der Waals surface area (Å²) < 4.78 is 5.47. The molecule has 1 heterocycles. The smallest absolute Gasteiger partial charge is 0.194 e. The molecule has 1 saturated heterocycles. The van der Waals surface area contributed by atoms with Crippen LogP contribution in [0.3, 0.4) is 0 Å². The maximum absolute atomic E-state index is 12.1. The first kappa shape index (κ1) is 11.5. The van der Waals surface area contributed by atoms with Gasteiger partial charge in [0.25, 0.3) is 0 Å². The summed E-state index contributed by atoms with van der Waals surface area (Å²) >= 11 is 6.08. The van der Waals surface area contributed by atoms with Gasteiger partial charge in [-0.3, -0.25) is 4.79 Å². The molecule has 0 bridgehead atoms. The number of ketones is 1. The highest BCUT2D eigenvalue weighted by molar-refractivity contribution is 6.31. The lowest BCUT2D eigenvalue weighted by atomic mass is 10.0. The monoisotopic (exact) mass is 258 g/mol. The predicted molar refractivity (Wildman–Crippen MR) is 69.8 cm³/mol. The first-order valence-corrected chi connectivity index (χ1v) is 6.14. The Balaban J connectivity index is 1.79. The molecule has 2 nitrogen and oxygen atoms in total. The van der Waals surface area contributed by atoms with Crippen molar-refractivity contribution in [3.63, 3.8) is 0 Å². The van der Waals surface area contributed by atoms with Crippen LogP contribution in [0.2, 0.25) is 5.02 Å². The van der Waals surface area contributed by atoms with Crippen molar-refractivity contribution in [1.82, 2.24) is 0 Å².